The molecule has 0 spiro atoms. The highest BCUT2D eigenvalue weighted by Gasteiger charge is 2.35. The molecule has 0 aromatic heterocycles. The Kier molecular flexibility index (Phi) is 9.82. The van der Waals surface area contributed by atoms with Crippen molar-refractivity contribution in [3.05, 3.63) is 0 Å². The summed E-state index contributed by atoms with van der Waals surface area (Å²) in [5.41, 5.74) is 0. The molecule has 0 aromatic carbocycles. The molecule has 0 heterocycles. The molecule has 3 nitrogen and oxygen atoms in total. The molecule has 3 aliphatic rings. The SMILES string of the molecule is CCCCCC1CCC(C2CCC(C3CCC(OC(=O)CCO)CC3)CC2)CC1. The highest BCUT2D eigenvalue weighted by molar-refractivity contribution is 5.69. The minimum atomic E-state index is -0.225. The summed E-state index contributed by atoms with van der Waals surface area (Å²) in [6.07, 6.45) is 22.4. The first-order chi connectivity index (χ1) is 14.2. The maximum absolute atomic E-state index is 11.6. The zero-order chi connectivity index (χ0) is 20.5. The molecule has 3 fully saturated rings. The van der Waals surface area contributed by atoms with Gasteiger partial charge in [-0.05, 0) is 93.8 Å². The average molecular weight is 407 g/mol. The van der Waals surface area contributed by atoms with Crippen molar-refractivity contribution in [1.29, 1.82) is 0 Å². The van der Waals surface area contributed by atoms with Crippen LogP contribution in [0.1, 0.15) is 116 Å². The Morgan fingerprint density at radius 2 is 1.24 bits per heavy atom. The molecule has 0 bridgehead atoms. The zero-order valence-electron chi connectivity index (χ0n) is 19.0. The maximum Gasteiger partial charge on any atom is 0.308 e. The van der Waals surface area contributed by atoms with Crippen molar-refractivity contribution in [2.45, 2.75) is 122 Å². The Bertz CT molecular complexity index is 453. The van der Waals surface area contributed by atoms with E-state index in [0.29, 0.717) is 0 Å². The van der Waals surface area contributed by atoms with Gasteiger partial charge in [-0.1, -0.05) is 45.4 Å². The van der Waals surface area contributed by atoms with Crippen molar-refractivity contribution in [3.8, 4) is 0 Å². The number of carbonyl (C=O) groups excluding carboxylic acids is 1. The summed E-state index contributed by atoms with van der Waals surface area (Å²) in [6, 6.07) is 0. The summed E-state index contributed by atoms with van der Waals surface area (Å²) >= 11 is 0. The van der Waals surface area contributed by atoms with E-state index in [1.165, 1.54) is 89.9 Å². The summed E-state index contributed by atoms with van der Waals surface area (Å²) in [5, 5.41) is 8.85. The van der Waals surface area contributed by atoms with E-state index in [0.717, 1.165) is 42.4 Å². The Morgan fingerprint density at radius 3 is 1.72 bits per heavy atom. The van der Waals surface area contributed by atoms with E-state index in [9.17, 15) is 4.79 Å². The standard InChI is InChI=1S/C26H46O3/c1-2-3-4-5-20-6-8-21(9-7-20)22-10-12-23(13-11-22)24-14-16-25(17-15-24)29-26(28)18-19-27/h20-25,27H,2-19H2,1H3. The predicted octanol–water partition coefficient (Wildman–Crippen LogP) is 6.66. The second-order valence-electron chi connectivity index (χ2n) is 10.5. The van der Waals surface area contributed by atoms with E-state index in [1.54, 1.807) is 0 Å². The van der Waals surface area contributed by atoms with E-state index in [1.807, 2.05) is 0 Å². The molecule has 0 aromatic rings. The monoisotopic (exact) mass is 406 g/mol. The quantitative estimate of drug-likeness (QED) is 0.344. The predicted molar refractivity (Wildman–Crippen MR) is 119 cm³/mol. The molecular weight excluding hydrogens is 360 g/mol. The summed E-state index contributed by atoms with van der Waals surface area (Å²) in [7, 11) is 0. The lowest BCUT2D eigenvalue weighted by molar-refractivity contribution is -0.152. The van der Waals surface area contributed by atoms with Crippen LogP contribution in [0.15, 0.2) is 0 Å². The number of carbonyl (C=O) groups is 1. The van der Waals surface area contributed by atoms with Gasteiger partial charge in [0.1, 0.15) is 6.10 Å². The van der Waals surface area contributed by atoms with E-state index < -0.39 is 0 Å². The van der Waals surface area contributed by atoms with Crippen LogP contribution in [0.3, 0.4) is 0 Å². The minimum Gasteiger partial charge on any atom is -0.462 e. The van der Waals surface area contributed by atoms with Gasteiger partial charge in [0.2, 0.25) is 0 Å². The first-order valence-corrected chi connectivity index (χ1v) is 13.0. The van der Waals surface area contributed by atoms with Gasteiger partial charge in [0.05, 0.1) is 13.0 Å². The van der Waals surface area contributed by atoms with Crippen molar-refractivity contribution < 1.29 is 14.6 Å². The van der Waals surface area contributed by atoms with Gasteiger partial charge in [0.15, 0.2) is 0 Å². The third-order valence-corrected chi connectivity index (χ3v) is 8.59. The van der Waals surface area contributed by atoms with Crippen molar-refractivity contribution in [2.75, 3.05) is 6.61 Å². The Morgan fingerprint density at radius 1 is 0.759 bits per heavy atom. The van der Waals surface area contributed by atoms with Gasteiger partial charge >= 0.3 is 5.97 Å². The molecule has 3 saturated carbocycles. The van der Waals surface area contributed by atoms with Crippen LogP contribution in [0.5, 0.6) is 0 Å². The Labute approximate surface area is 179 Å². The molecule has 1 N–H and O–H groups in total. The van der Waals surface area contributed by atoms with E-state index in [-0.39, 0.29) is 25.1 Å². The van der Waals surface area contributed by atoms with Gasteiger partial charge in [-0.2, -0.15) is 0 Å². The lowest BCUT2D eigenvalue weighted by Crippen LogP contribution is -2.31. The first-order valence-electron chi connectivity index (χ1n) is 13.0. The molecule has 0 radical (unpaired) electrons. The largest absolute Gasteiger partial charge is 0.462 e. The van der Waals surface area contributed by atoms with Crippen molar-refractivity contribution in [1.82, 2.24) is 0 Å². The number of aliphatic hydroxyl groups is 1. The van der Waals surface area contributed by atoms with E-state index in [2.05, 4.69) is 6.92 Å². The van der Waals surface area contributed by atoms with Crippen LogP contribution < -0.4 is 0 Å². The third kappa shape index (κ3) is 7.26. The van der Waals surface area contributed by atoms with Gasteiger partial charge < -0.3 is 9.84 Å². The molecular formula is C26H46O3. The number of rotatable bonds is 9. The fourth-order valence-corrected chi connectivity index (χ4v) is 6.73. The van der Waals surface area contributed by atoms with Crippen molar-refractivity contribution in [3.63, 3.8) is 0 Å². The third-order valence-electron chi connectivity index (χ3n) is 8.59. The molecule has 0 aliphatic heterocycles. The van der Waals surface area contributed by atoms with Crippen LogP contribution in [0.4, 0.5) is 0 Å². The van der Waals surface area contributed by atoms with Gasteiger partial charge in [0.25, 0.3) is 0 Å². The second kappa shape index (κ2) is 12.3. The number of unbranched alkanes of at least 4 members (excludes halogenated alkanes) is 2. The number of esters is 1. The van der Waals surface area contributed by atoms with Crippen LogP contribution >= 0.6 is 0 Å². The zero-order valence-corrected chi connectivity index (χ0v) is 19.0. The van der Waals surface area contributed by atoms with Crippen molar-refractivity contribution >= 4 is 5.97 Å². The lowest BCUT2D eigenvalue weighted by atomic mass is 9.65. The van der Waals surface area contributed by atoms with Crippen LogP contribution in [0.2, 0.25) is 0 Å². The van der Waals surface area contributed by atoms with Gasteiger partial charge in [-0.3, -0.25) is 4.79 Å². The van der Waals surface area contributed by atoms with Crippen molar-refractivity contribution in [2.24, 2.45) is 29.6 Å². The maximum atomic E-state index is 11.6. The molecule has 3 heteroatoms. The van der Waals surface area contributed by atoms with Gasteiger partial charge in [-0.15, -0.1) is 0 Å². The summed E-state index contributed by atoms with van der Waals surface area (Å²) in [4.78, 5) is 11.6. The number of aliphatic hydroxyl groups excluding tert-OH is 1. The summed E-state index contributed by atoms with van der Waals surface area (Å²) < 4.78 is 5.50. The molecule has 0 saturated heterocycles. The molecule has 0 unspecified atom stereocenters. The fraction of sp³-hybridized carbons (Fsp3) is 0.962. The van der Waals surface area contributed by atoms with Crippen LogP contribution in [-0.2, 0) is 9.53 Å². The number of ether oxygens (including phenoxy) is 1. The average Bonchev–Trinajstić information content (AvgIpc) is 2.75. The molecule has 168 valence electrons. The highest BCUT2D eigenvalue weighted by atomic mass is 16.5. The molecule has 0 amide bonds. The van der Waals surface area contributed by atoms with Crippen LogP contribution in [0.25, 0.3) is 0 Å². The molecule has 29 heavy (non-hydrogen) atoms. The smallest absolute Gasteiger partial charge is 0.308 e. The van der Waals surface area contributed by atoms with E-state index in [4.69, 9.17) is 9.84 Å². The normalized spacial score (nSPS) is 35.9. The second-order valence-corrected chi connectivity index (χ2v) is 10.5. The summed E-state index contributed by atoms with van der Waals surface area (Å²) in [6.45, 7) is 2.21. The van der Waals surface area contributed by atoms with Gasteiger partial charge in [0, 0.05) is 0 Å². The topological polar surface area (TPSA) is 46.5 Å². The number of hydrogen-bond acceptors (Lipinski definition) is 3. The lowest BCUT2D eigenvalue weighted by Gasteiger charge is -2.41. The fourth-order valence-electron chi connectivity index (χ4n) is 6.73. The number of hydrogen-bond donors (Lipinski definition) is 1. The highest BCUT2D eigenvalue weighted by Crippen LogP contribution is 2.46. The Balaban J connectivity index is 1.31. The Hall–Kier alpha value is -0.570. The minimum absolute atomic E-state index is 0.0993. The summed E-state index contributed by atoms with van der Waals surface area (Å²) in [5.74, 6) is 4.63. The molecule has 3 rings (SSSR count). The van der Waals surface area contributed by atoms with Crippen LogP contribution in [-0.4, -0.2) is 23.8 Å². The van der Waals surface area contributed by atoms with Crippen LogP contribution in [0, 0.1) is 29.6 Å². The van der Waals surface area contributed by atoms with Gasteiger partial charge in [-0.25, -0.2) is 0 Å². The first kappa shape index (κ1) is 23.1. The van der Waals surface area contributed by atoms with E-state index >= 15 is 0 Å². The molecule has 0 atom stereocenters. The molecule has 3 aliphatic carbocycles.